The van der Waals surface area contributed by atoms with Crippen LogP contribution in [0.15, 0.2) is 42.7 Å². The number of hydrogen-bond donors (Lipinski definition) is 3. The lowest BCUT2D eigenvalue weighted by atomic mass is 10.1. The number of carbonyl (C=O) groups excluding carboxylic acids is 1. The molecule has 0 spiro atoms. The van der Waals surface area contributed by atoms with Crippen LogP contribution in [0.25, 0.3) is 10.4 Å². The summed E-state index contributed by atoms with van der Waals surface area (Å²) < 4.78 is 32.2. The number of nitrogens with one attached hydrogen (secondary N) is 2. The van der Waals surface area contributed by atoms with Crippen LogP contribution in [-0.4, -0.2) is 49.0 Å². The van der Waals surface area contributed by atoms with Gasteiger partial charge in [-0.1, -0.05) is 11.6 Å². The van der Waals surface area contributed by atoms with Gasteiger partial charge >= 0.3 is 0 Å². The number of anilines is 1. The zero-order valence-corrected chi connectivity index (χ0v) is 19.4. The molecule has 2 aromatic heterocycles. The van der Waals surface area contributed by atoms with Gasteiger partial charge in [0.15, 0.2) is 11.2 Å². The summed E-state index contributed by atoms with van der Waals surface area (Å²) in [5, 5.41) is 15.9. The Labute approximate surface area is 195 Å². The number of amides is 1. The molecule has 3 heterocycles. The summed E-state index contributed by atoms with van der Waals surface area (Å²) in [4.78, 5) is 14.8. The van der Waals surface area contributed by atoms with Crippen LogP contribution in [0, 0.1) is 5.82 Å². The summed E-state index contributed by atoms with van der Waals surface area (Å²) in [6.45, 7) is 0.430. The van der Waals surface area contributed by atoms with E-state index in [0.717, 1.165) is 15.3 Å². The largest absolute Gasteiger partial charge is 0.394 e. The summed E-state index contributed by atoms with van der Waals surface area (Å²) in [5.41, 5.74) is 1.29. The molecule has 3 aromatic rings. The summed E-state index contributed by atoms with van der Waals surface area (Å²) in [6, 6.07) is 6.90. The zero-order chi connectivity index (χ0) is 22.8. The van der Waals surface area contributed by atoms with Crippen molar-refractivity contribution in [1.29, 1.82) is 0 Å². The highest BCUT2D eigenvalue weighted by Crippen LogP contribution is 2.35. The van der Waals surface area contributed by atoms with E-state index in [0.29, 0.717) is 18.7 Å². The first-order valence-electron chi connectivity index (χ1n) is 9.76. The standard InChI is InChI=1S/C20H21ClFN5O3S2/c1-26-17(20(29)24-13-2-3-15(22)14(21)8-13)9-16(25-32(26)30)19-5-4-18(31-19)12-10-23-27(11-12)6-7-28/h2-5,8,10-11,16-17,25,28H,6-7,9H2,1H3,(H,24,29). The van der Waals surface area contributed by atoms with Gasteiger partial charge < -0.3 is 10.4 Å². The third-order valence-corrected chi connectivity index (χ3v) is 7.91. The molecule has 3 N–H and O–H groups in total. The predicted molar refractivity (Wildman–Crippen MR) is 123 cm³/mol. The van der Waals surface area contributed by atoms with Crippen LogP contribution in [0.3, 0.4) is 0 Å². The van der Waals surface area contributed by atoms with Crippen molar-refractivity contribution in [1.82, 2.24) is 18.8 Å². The average molecular weight is 498 g/mol. The minimum absolute atomic E-state index is 0.00964. The predicted octanol–water partition coefficient (Wildman–Crippen LogP) is 2.95. The highest BCUT2D eigenvalue weighted by molar-refractivity contribution is 7.80. The fourth-order valence-corrected chi connectivity index (χ4v) is 5.74. The maximum atomic E-state index is 13.4. The topological polar surface area (TPSA) is 99.5 Å². The average Bonchev–Trinajstić information content (AvgIpc) is 3.42. The SMILES string of the molecule is CN1C(C(=O)Nc2ccc(F)c(Cl)c2)CC(c2ccc(-c3cnn(CCO)c3)s2)NS1=O. The normalized spacial score (nSPS) is 21.6. The summed E-state index contributed by atoms with van der Waals surface area (Å²) in [6.07, 6.45) is 3.98. The molecule has 1 saturated heterocycles. The van der Waals surface area contributed by atoms with E-state index in [-0.39, 0.29) is 23.6 Å². The summed E-state index contributed by atoms with van der Waals surface area (Å²) in [7, 11) is 1.61. The first-order chi connectivity index (χ1) is 15.4. The molecule has 1 aliphatic heterocycles. The quantitative estimate of drug-likeness (QED) is 0.487. The van der Waals surface area contributed by atoms with Crippen molar-refractivity contribution in [3.63, 3.8) is 0 Å². The zero-order valence-electron chi connectivity index (χ0n) is 17.0. The van der Waals surface area contributed by atoms with Gasteiger partial charge in [0.25, 0.3) is 0 Å². The van der Waals surface area contributed by atoms with E-state index in [1.807, 2.05) is 18.3 Å². The van der Waals surface area contributed by atoms with Gasteiger partial charge in [0.2, 0.25) is 5.91 Å². The molecule has 32 heavy (non-hydrogen) atoms. The van der Waals surface area contributed by atoms with Crippen molar-refractivity contribution in [2.24, 2.45) is 0 Å². The molecule has 1 aliphatic rings. The molecule has 12 heteroatoms. The van der Waals surface area contributed by atoms with E-state index in [1.54, 1.807) is 17.9 Å². The van der Waals surface area contributed by atoms with Gasteiger partial charge in [0, 0.05) is 34.2 Å². The molecule has 1 amide bonds. The number of aliphatic hydroxyl groups excluding tert-OH is 1. The van der Waals surface area contributed by atoms with Gasteiger partial charge in [-0.2, -0.15) is 5.10 Å². The molecule has 170 valence electrons. The van der Waals surface area contributed by atoms with Gasteiger partial charge in [-0.05, 0) is 36.8 Å². The maximum absolute atomic E-state index is 13.4. The number of hydrogen-bond acceptors (Lipinski definition) is 5. The monoisotopic (exact) mass is 497 g/mol. The maximum Gasteiger partial charge on any atom is 0.242 e. The highest BCUT2D eigenvalue weighted by atomic mass is 35.5. The Morgan fingerprint density at radius 2 is 2.25 bits per heavy atom. The van der Waals surface area contributed by atoms with Crippen LogP contribution in [-0.2, 0) is 22.5 Å². The molecule has 1 fully saturated rings. The lowest BCUT2D eigenvalue weighted by Crippen LogP contribution is -2.52. The van der Waals surface area contributed by atoms with Crippen LogP contribution < -0.4 is 10.0 Å². The molecule has 0 bridgehead atoms. The van der Waals surface area contributed by atoms with E-state index >= 15 is 0 Å². The fourth-order valence-electron chi connectivity index (χ4n) is 3.40. The summed E-state index contributed by atoms with van der Waals surface area (Å²) >= 11 is 5.76. The Morgan fingerprint density at radius 1 is 1.44 bits per heavy atom. The Morgan fingerprint density at radius 3 is 3.00 bits per heavy atom. The summed E-state index contributed by atoms with van der Waals surface area (Å²) in [5.74, 6) is -0.919. The third-order valence-electron chi connectivity index (χ3n) is 5.11. The van der Waals surface area contributed by atoms with Crippen LogP contribution >= 0.6 is 22.9 Å². The number of likely N-dealkylation sites (N-methyl/N-ethyl adjacent to an activating group) is 1. The van der Waals surface area contributed by atoms with Gasteiger partial charge in [0.05, 0.1) is 30.4 Å². The van der Waals surface area contributed by atoms with Gasteiger partial charge in [-0.25, -0.2) is 17.6 Å². The molecule has 0 radical (unpaired) electrons. The van der Waals surface area contributed by atoms with E-state index < -0.39 is 23.0 Å². The molecule has 3 unspecified atom stereocenters. The molecule has 0 saturated carbocycles. The van der Waals surface area contributed by atoms with Crippen LogP contribution in [0.4, 0.5) is 10.1 Å². The second-order valence-corrected chi connectivity index (χ2v) is 10.1. The van der Waals surface area contributed by atoms with Crippen molar-refractivity contribution >= 4 is 45.7 Å². The number of aromatic nitrogens is 2. The molecule has 0 aliphatic carbocycles. The fraction of sp³-hybridized carbons (Fsp3) is 0.300. The van der Waals surface area contributed by atoms with Gasteiger partial charge in [0.1, 0.15) is 11.9 Å². The van der Waals surface area contributed by atoms with Gasteiger partial charge in [-0.3, -0.25) is 9.48 Å². The third kappa shape index (κ3) is 4.92. The molecule has 1 aromatic carbocycles. The second kappa shape index (κ2) is 9.77. The first kappa shape index (κ1) is 23.0. The number of nitrogens with zero attached hydrogens (tertiary/aromatic N) is 3. The Bertz CT molecular complexity index is 1150. The number of aliphatic hydroxyl groups is 1. The Balaban J connectivity index is 1.49. The number of thiophene rings is 1. The number of carbonyl (C=O) groups is 1. The molecule has 4 rings (SSSR count). The smallest absolute Gasteiger partial charge is 0.242 e. The lowest BCUT2D eigenvalue weighted by molar-refractivity contribution is -0.120. The minimum atomic E-state index is -1.57. The lowest BCUT2D eigenvalue weighted by Gasteiger charge is -2.35. The minimum Gasteiger partial charge on any atom is -0.394 e. The molecule has 8 nitrogen and oxygen atoms in total. The van der Waals surface area contributed by atoms with Crippen molar-refractivity contribution in [3.8, 4) is 10.4 Å². The van der Waals surface area contributed by atoms with Crippen molar-refractivity contribution < 1.29 is 18.5 Å². The Hall–Kier alpha value is -2.15. The van der Waals surface area contributed by atoms with Crippen LogP contribution in [0.2, 0.25) is 5.02 Å². The number of rotatable bonds is 6. The molecular formula is C20H21ClFN5O3S2. The second-order valence-electron chi connectivity index (χ2n) is 7.25. The van der Waals surface area contributed by atoms with Gasteiger partial charge in [-0.15, -0.1) is 11.3 Å². The highest BCUT2D eigenvalue weighted by Gasteiger charge is 2.37. The molecule has 3 atom stereocenters. The number of benzene rings is 1. The van der Waals surface area contributed by atoms with Crippen molar-refractivity contribution in [2.45, 2.75) is 25.0 Å². The van der Waals surface area contributed by atoms with Crippen molar-refractivity contribution in [2.75, 3.05) is 19.0 Å². The first-order valence-corrected chi connectivity index (χ1v) is 12.1. The van der Waals surface area contributed by atoms with Crippen LogP contribution in [0.1, 0.15) is 17.3 Å². The van der Waals surface area contributed by atoms with E-state index in [9.17, 15) is 13.4 Å². The molecular weight excluding hydrogens is 477 g/mol. The van der Waals surface area contributed by atoms with E-state index in [4.69, 9.17) is 16.7 Å². The van der Waals surface area contributed by atoms with Crippen LogP contribution in [0.5, 0.6) is 0 Å². The Kier molecular flexibility index (Phi) is 7.03. The van der Waals surface area contributed by atoms with E-state index in [1.165, 1.54) is 33.8 Å². The van der Waals surface area contributed by atoms with E-state index in [2.05, 4.69) is 15.1 Å². The number of halogens is 2. The van der Waals surface area contributed by atoms with Crippen molar-refractivity contribution in [3.05, 3.63) is 58.4 Å².